The van der Waals surface area contributed by atoms with Gasteiger partial charge in [-0.1, -0.05) is 36.1 Å². The Labute approximate surface area is 178 Å². The number of hydrogen-bond acceptors (Lipinski definition) is 4. The van der Waals surface area contributed by atoms with Crippen molar-refractivity contribution in [1.29, 1.82) is 0 Å². The van der Waals surface area contributed by atoms with Crippen LogP contribution in [-0.2, 0) is 6.18 Å². The molecule has 2 aromatic carbocycles. The lowest BCUT2D eigenvalue weighted by Gasteiger charge is -2.36. The minimum atomic E-state index is -4.36. The summed E-state index contributed by atoms with van der Waals surface area (Å²) in [5, 5.41) is 0. The highest BCUT2D eigenvalue weighted by Gasteiger charge is 2.33. The van der Waals surface area contributed by atoms with Gasteiger partial charge < -0.3 is 14.7 Å². The van der Waals surface area contributed by atoms with Crippen LogP contribution in [0.2, 0.25) is 0 Å². The van der Waals surface area contributed by atoms with Gasteiger partial charge in [0.2, 0.25) is 0 Å². The first kappa shape index (κ1) is 20.5. The molecule has 0 aromatic heterocycles. The van der Waals surface area contributed by atoms with Gasteiger partial charge in [0.05, 0.1) is 21.9 Å². The number of rotatable bonds is 3. The third-order valence-corrected chi connectivity index (χ3v) is 6.95. The number of likely N-dealkylation sites (N-methyl/N-ethyl adjacent to an activating group) is 1. The van der Waals surface area contributed by atoms with E-state index in [1.165, 1.54) is 17.8 Å². The molecule has 2 aliphatic rings. The van der Waals surface area contributed by atoms with Gasteiger partial charge in [-0.15, -0.1) is 0 Å². The Morgan fingerprint density at radius 3 is 2.41 bits per heavy atom. The second kappa shape index (κ2) is 8.16. The molecule has 1 saturated heterocycles. The lowest BCUT2D eigenvalue weighted by molar-refractivity contribution is -0.137. The summed E-state index contributed by atoms with van der Waals surface area (Å²) in [7, 11) is 2.10. The van der Waals surface area contributed by atoms with E-state index in [0.717, 1.165) is 52.7 Å². The smallest absolute Gasteiger partial charge is 0.364 e. The molecule has 154 valence electrons. The topological polar surface area (TPSA) is 9.72 Å². The lowest BCUT2D eigenvalue weighted by atomic mass is 10.1. The third-order valence-electron chi connectivity index (χ3n) is 5.36. The first-order valence-corrected chi connectivity index (χ1v) is 10.8. The molecule has 29 heavy (non-hydrogen) atoms. The van der Waals surface area contributed by atoms with Gasteiger partial charge in [0.15, 0.2) is 0 Å². The Balaban J connectivity index is 1.59. The molecule has 0 spiro atoms. The van der Waals surface area contributed by atoms with Gasteiger partial charge >= 0.3 is 6.18 Å². The molecule has 0 aliphatic carbocycles. The minimum Gasteiger partial charge on any atom is -0.364 e. The predicted octanol–water partition coefficient (Wildman–Crippen LogP) is 5.27. The van der Waals surface area contributed by atoms with E-state index in [1.807, 2.05) is 29.2 Å². The summed E-state index contributed by atoms with van der Waals surface area (Å²) in [5.41, 5.74) is 0.915. The zero-order valence-electron chi connectivity index (χ0n) is 16.1. The van der Waals surface area contributed by atoms with Crippen LogP contribution in [0.5, 0.6) is 0 Å². The van der Waals surface area contributed by atoms with Crippen LogP contribution in [-0.4, -0.2) is 54.6 Å². The van der Waals surface area contributed by atoms with Gasteiger partial charge in [-0.3, -0.25) is 0 Å². The van der Waals surface area contributed by atoms with Crippen molar-refractivity contribution in [3.63, 3.8) is 0 Å². The highest BCUT2D eigenvalue weighted by atomic mass is 32.2. The van der Waals surface area contributed by atoms with Crippen molar-refractivity contribution in [3.05, 3.63) is 48.0 Å². The van der Waals surface area contributed by atoms with Crippen molar-refractivity contribution in [1.82, 2.24) is 9.80 Å². The van der Waals surface area contributed by atoms with Crippen molar-refractivity contribution in [2.45, 2.75) is 22.4 Å². The van der Waals surface area contributed by atoms with E-state index in [4.69, 9.17) is 12.2 Å². The summed E-state index contributed by atoms with van der Waals surface area (Å²) in [4.78, 5) is 9.23. The second-order valence-corrected chi connectivity index (χ2v) is 8.89. The van der Waals surface area contributed by atoms with E-state index >= 15 is 0 Å². The first-order chi connectivity index (χ1) is 13.8. The van der Waals surface area contributed by atoms with E-state index < -0.39 is 11.7 Å². The number of fused-ring (bicyclic) bond motifs is 2. The molecule has 0 saturated carbocycles. The van der Waals surface area contributed by atoms with Gasteiger partial charge in [-0.05, 0) is 37.4 Å². The number of benzene rings is 2. The summed E-state index contributed by atoms with van der Waals surface area (Å²) >= 11 is 7.17. The number of halogens is 3. The lowest BCUT2D eigenvalue weighted by Crippen LogP contribution is -2.47. The number of alkyl halides is 3. The molecule has 3 nitrogen and oxygen atoms in total. The van der Waals surface area contributed by atoms with Crippen LogP contribution in [0.25, 0.3) is 0 Å². The number of hydrogen-bond donors (Lipinski definition) is 0. The van der Waals surface area contributed by atoms with Crippen LogP contribution in [0, 0.1) is 0 Å². The van der Waals surface area contributed by atoms with Crippen LogP contribution in [0.15, 0.2) is 52.3 Å². The van der Waals surface area contributed by atoms with Gasteiger partial charge in [0.25, 0.3) is 0 Å². The quantitative estimate of drug-likeness (QED) is 0.603. The molecular formula is C21H22F3N3S2. The fourth-order valence-corrected chi connectivity index (χ4v) is 5.02. The van der Waals surface area contributed by atoms with Crippen LogP contribution in [0.4, 0.5) is 24.5 Å². The second-order valence-electron chi connectivity index (χ2n) is 7.34. The van der Waals surface area contributed by atoms with Gasteiger partial charge in [-0.2, -0.15) is 13.2 Å². The number of anilines is 2. The molecule has 4 rings (SSSR count). The zero-order chi connectivity index (χ0) is 20.6. The van der Waals surface area contributed by atoms with Crippen LogP contribution in [0.1, 0.15) is 12.0 Å². The van der Waals surface area contributed by atoms with E-state index in [-0.39, 0.29) is 0 Å². The maximum Gasteiger partial charge on any atom is 0.416 e. The molecule has 0 radical (unpaired) electrons. The van der Waals surface area contributed by atoms with Crippen LogP contribution < -0.4 is 4.90 Å². The van der Waals surface area contributed by atoms with Crippen molar-refractivity contribution < 1.29 is 13.2 Å². The molecule has 1 fully saturated rings. The van der Waals surface area contributed by atoms with Gasteiger partial charge in [-0.25, -0.2) is 0 Å². The summed E-state index contributed by atoms with van der Waals surface area (Å²) in [6.07, 6.45) is -3.73. The average molecular weight is 438 g/mol. The number of nitrogens with zero attached hydrogens (tertiary/aromatic N) is 3. The normalized spacial score (nSPS) is 17.1. The van der Waals surface area contributed by atoms with E-state index in [9.17, 15) is 13.2 Å². The third kappa shape index (κ3) is 4.39. The zero-order valence-corrected chi connectivity index (χ0v) is 17.7. The summed E-state index contributed by atoms with van der Waals surface area (Å²) < 4.78 is 39.9. The van der Waals surface area contributed by atoms with Crippen molar-refractivity contribution in [3.8, 4) is 0 Å². The maximum atomic E-state index is 13.3. The van der Waals surface area contributed by atoms with E-state index in [1.54, 1.807) is 6.07 Å². The molecular weight excluding hydrogens is 415 g/mol. The Morgan fingerprint density at radius 1 is 1.00 bits per heavy atom. The first-order valence-electron chi connectivity index (χ1n) is 9.55. The summed E-state index contributed by atoms with van der Waals surface area (Å²) in [6, 6.07) is 11.8. The summed E-state index contributed by atoms with van der Waals surface area (Å²) in [6.45, 7) is 4.30. The van der Waals surface area contributed by atoms with Gasteiger partial charge in [0, 0.05) is 48.9 Å². The van der Waals surface area contributed by atoms with Crippen molar-refractivity contribution >= 4 is 40.3 Å². The average Bonchev–Trinajstić information content (AvgIpc) is 2.70. The van der Waals surface area contributed by atoms with E-state index in [0.29, 0.717) is 18.7 Å². The molecule has 0 bridgehead atoms. The van der Waals surface area contributed by atoms with Crippen molar-refractivity contribution in [2.24, 2.45) is 0 Å². The molecule has 0 atom stereocenters. The summed E-state index contributed by atoms with van der Waals surface area (Å²) in [5.74, 6) is 0. The highest BCUT2D eigenvalue weighted by molar-refractivity contribution is 7.99. The van der Waals surface area contributed by atoms with Crippen LogP contribution >= 0.6 is 24.0 Å². The molecule has 0 unspecified atom stereocenters. The monoisotopic (exact) mass is 437 g/mol. The fraction of sp³-hybridized carbons (Fsp3) is 0.381. The minimum absolute atomic E-state index is 0.553. The SMILES string of the molecule is CN1CCN(C(=S)CCN2c3ccccc3Sc3ccc(C(F)(F)F)cc32)CC1. The Kier molecular flexibility index (Phi) is 5.77. The molecule has 0 N–H and O–H groups in total. The largest absolute Gasteiger partial charge is 0.416 e. The number of thiocarbonyl (C=S) groups is 1. The van der Waals surface area contributed by atoms with Crippen LogP contribution in [0.3, 0.4) is 0 Å². The fourth-order valence-electron chi connectivity index (χ4n) is 3.67. The number of piperazine rings is 1. The Hall–Kier alpha value is -1.77. The predicted molar refractivity (Wildman–Crippen MR) is 115 cm³/mol. The molecule has 2 aliphatic heterocycles. The van der Waals surface area contributed by atoms with E-state index in [2.05, 4.69) is 16.8 Å². The standard InChI is InChI=1S/C21H22F3N3S2/c1-25-10-12-26(13-11-25)20(28)8-9-27-16-4-2-3-5-18(16)29-19-7-6-15(14-17(19)27)21(22,23)24/h2-7,14H,8-13H2,1H3. The highest BCUT2D eigenvalue weighted by Crippen LogP contribution is 2.49. The Morgan fingerprint density at radius 2 is 1.69 bits per heavy atom. The van der Waals surface area contributed by atoms with Gasteiger partial charge in [0.1, 0.15) is 0 Å². The Bertz CT molecular complexity index is 908. The molecule has 0 amide bonds. The molecule has 2 aromatic rings. The number of para-hydroxylation sites is 1. The molecule has 2 heterocycles. The van der Waals surface area contributed by atoms with Crippen molar-refractivity contribution in [2.75, 3.05) is 44.7 Å². The molecule has 8 heteroatoms. The maximum absolute atomic E-state index is 13.3.